The number of hydrogen-bond donors (Lipinski definition) is 0. The molecule has 2 aliphatic rings. The molecular formula is C45H53N5O9. The molecule has 7 rings (SSSR count). The molecule has 14 heteroatoms. The molecule has 0 bridgehead atoms. The first-order chi connectivity index (χ1) is 28.8. The fraction of sp³-hybridized carbons (Fsp3) is 0.422. The minimum absolute atomic E-state index is 0.0766. The molecule has 0 N–H and O–H groups in total. The van der Waals surface area contributed by atoms with Crippen LogP contribution in [0.3, 0.4) is 0 Å². The Morgan fingerprint density at radius 3 is 1.73 bits per heavy atom. The second kappa shape index (κ2) is 20.7. The summed E-state index contributed by atoms with van der Waals surface area (Å²) in [5.74, 6) is 0. The van der Waals surface area contributed by atoms with Crippen LogP contribution in [0.4, 0.5) is 4.79 Å². The molecule has 1 aromatic heterocycles. The third kappa shape index (κ3) is 12.2. The molecular weight excluding hydrogens is 755 g/mol. The van der Waals surface area contributed by atoms with Crippen molar-refractivity contribution < 1.29 is 42.7 Å². The van der Waals surface area contributed by atoms with E-state index in [9.17, 15) is 4.79 Å². The fourth-order valence-electron chi connectivity index (χ4n) is 6.93. The van der Waals surface area contributed by atoms with E-state index >= 15 is 0 Å². The predicted octanol–water partition coefficient (Wildman–Crippen LogP) is 6.39. The molecule has 59 heavy (non-hydrogen) atoms. The van der Waals surface area contributed by atoms with Crippen molar-refractivity contribution in [1.29, 1.82) is 0 Å². The number of rotatable bonds is 18. The zero-order chi connectivity index (χ0) is 40.9. The molecule has 6 atom stereocenters. The SMILES string of the molecule is CC(C)(C)OC(=O)N1COC[C@@H]1COc1nnnn1C[C@H]1O[C@H](COCc2ccccc2)[C@H](OCc2ccccc2)[C@H](OCc2ccccc2)[C@H]1OCc1ccccc1. The Morgan fingerprint density at radius 2 is 1.19 bits per heavy atom. The van der Waals surface area contributed by atoms with E-state index in [-0.39, 0.29) is 45.7 Å². The number of carbonyl (C=O) groups excluding carboxylic acids is 1. The first-order valence-corrected chi connectivity index (χ1v) is 20.0. The number of tetrazole rings is 1. The van der Waals surface area contributed by atoms with Crippen LogP contribution in [0.15, 0.2) is 121 Å². The maximum absolute atomic E-state index is 12.9. The largest absolute Gasteiger partial charge is 0.460 e. The summed E-state index contributed by atoms with van der Waals surface area (Å²) in [6.07, 6.45) is -3.59. The van der Waals surface area contributed by atoms with Gasteiger partial charge in [0.1, 0.15) is 49.5 Å². The van der Waals surface area contributed by atoms with Gasteiger partial charge in [-0.15, -0.1) is 0 Å². The fourth-order valence-corrected chi connectivity index (χ4v) is 6.93. The zero-order valence-corrected chi connectivity index (χ0v) is 33.8. The molecule has 2 fully saturated rings. The highest BCUT2D eigenvalue weighted by Gasteiger charge is 2.49. The van der Waals surface area contributed by atoms with Crippen LogP contribution in [0.1, 0.15) is 43.0 Å². The molecule has 2 aliphatic heterocycles. The maximum atomic E-state index is 12.9. The van der Waals surface area contributed by atoms with Crippen molar-refractivity contribution >= 4 is 6.09 Å². The topological polar surface area (TPSA) is 138 Å². The summed E-state index contributed by atoms with van der Waals surface area (Å²) in [5, 5.41) is 12.5. The molecule has 5 aromatic rings. The van der Waals surface area contributed by atoms with E-state index in [2.05, 4.69) is 15.5 Å². The van der Waals surface area contributed by atoms with Gasteiger partial charge in [0, 0.05) is 0 Å². The Kier molecular flexibility index (Phi) is 14.7. The van der Waals surface area contributed by atoms with Gasteiger partial charge >= 0.3 is 12.1 Å². The quantitative estimate of drug-likeness (QED) is 0.0971. The van der Waals surface area contributed by atoms with Crippen LogP contribution >= 0.6 is 0 Å². The van der Waals surface area contributed by atoms with E-state index in [1.807, 2.05) is 142 Å². The highest BCUT2D eigenvalue weighted by molar-refractivity contribution is 5.68. The van der Waals surface area contributed by atoms with E-state index in [0.29, 0.717) is 19.8 Å². The average molecular weight is 808 g/mol. The first-order valence-electron chi connectivity index (χ1n) is 20.0. The minimum atomic E-state index is -0.660. The van der Waals surface area contributed by atoms with Gasteiger partial charge in [-0.2, -0.15) is 4.68 Å². The summed E-state index contributed by atoms with van der Waals surface area (Å²) in [6, 6.07) is 39.7. The lowest BCUT2D eigenvalue weighted by molar-refractivity contribution is -0.275. The van der Waals surface area contributed by atoms with Crippen LogP contribution in [-0.2, 0) is 66.1 Å². The van der Waals surface area contributed by atoms with Crippen LogP contribution in [0.2, 0.25) is 0 Å². The summed E-state index contributed by atoms with van der Waals surface area (Å²) >= 11 is 0. The van der Waals surface area contributed by atoms with Gasteiger partial charge in [0.2, 0.25) is 0 Å². The summed E-state index contributed by atoms with van der Waals surface area (Å²) in [7, 11) is 0. The van der Waals surface area contributed by atoms with E-state index < -0.39 is 48.3 Å². The van der Waals surface area contributed by atoms with E-state index in [4.69, 9.17) is 37.9 Å². The molecule has 0 unspecified atom stereocenters. The highest BCUT2D eigenvalue weighted by Crippen LogP contribution is 2.32. The van der Waals surface area contributed by atoms with Crippen molar-refractivity contribution in [1.82, 2.24) is 25.1 Å². The Bertz CT molecular complexity index is 1980. The number of nitrogens with zero attached hydrogens (tertiary/aromatic N) is 5. The lowest BCUT2D eigenvalue weighted by atomic mass is 9.93. The lowest BCUT2D eigenvalue weighted by Crippen LogP contribution is -2.62. The highest BCUT2D eigenvalue weighted by atomic mass is 16.6. The number of amides is 1. The van der Waals surface area contributed by atoms with E-state index in [0.717, 1.165) is 22.3 Å². The van der Waals surface area contributed by atoms with Crippen molar-refractivity contribution in [3.8, 4) is 6.01 Å². The third-order valence-electron chi connectivity index (χ3n) is 9.85. The van der Waals surface area contributed by atoms with Gasteiger partial charge in [-0.1, -0.05) is 126 Å². The number of aromatic nitrogens is 4. The molecule has 1 amide bonds. The Balaban J connectivity index is 1.16. The number of hydrogen-bond acceptors (Lipinski definition) is 12. The summed E-state index contributed by atoms with van der Waals surface area (Å²) < 4.78 is 52.8. The van der Waals surface area contributed by atoms with Gasteiger partial charge in [-0.3, -0.25) is 4.90 Å². The molecule has 0 aliphatic carbocycles. The second-order valence-corrected chi connectivity index (χ2v) is 15.6. The van der Waals surface area contributed by atoms with Crippen molar-refractivity contribution in [2.24, 2.45) is 0 Å². The van der Waals surface area contributed by atoms with Crippen LogP contribution in [0.25, 0.3) is 0 Å². The van der Waals surface area contributed by atoms with Gasteiger partial charge < -0.3 is 37.9 Å². The molecule has 3 heterocycles. The van der Waals surface area contributed by atoms with Crippen molar-refractivity contribution in [3.05, 3.63) is 144 Å². The van der Waals surface area contributed by atoms with Gasteiger partial charge in [0.15, 0.2) is 0 Å². The van der Waals surface area contributed by atoms with Gasteiger partial charge in [-0.05, 0) is 53.5 Å². The predicted molar refractivity (Wildman–Crippen MR) is 216 cm³/mol. The first kappa shape index (κ1) is 41.9. The Hall–Kier alpha value is -5.22. The third-order valence-corrected chi connectivity index (χ3v) is 9.85. The van der Waals surface area contributed by atoms with Crippen LogP contribution in [0, 0.1) is 0 Å². The second-order valence-electron chi connectivity index (χ2n) is 15.6. The molecule has 0 spiro atoms. The summed E-state index contributed by atoms with van der Waals surface area (Å²) in [6.45, 7) is 7.56. The molecule has 4 aromatic carbocycles. The van der Waals surface area contributed by atoms with Crippen LogP contribution < -0.4 is 4.74 Å². The molecule has 2 saturated heterocycles. The number of carbonyl (C=O) groups is 1. The Morgan fingerprint density at radius 1 is 0.678 bits per heavy atom. The molecule has 0 saturated carbocycles. The molecule has 14 nitrogen and oxygen atoms in total. The number of ether oxygens (including phenoxy) is 8. The standard InChI is InChI=1S/C45H53N5O9/c1-45(2,3)59-44(51)49-32-53-29-37(49)30-57-43-46-47-48-50(43)24-38-40(54-26-34-18-10-5-11-19-34)42(56-28-36-22-14-7-15-23-36)41(55-27-35-20-12-6-13-21-35)39(58-38)31-52-25-33-16-8-4-9-17-33/h4-23,37-42H,24-32H2,1-3H3/t37-,38-,39-,40+,41+,42-/m1/s1. The van der Waals surface area contributed by atoms with Crippen molar-refractivity contribution in [3.63, 3.8) is 0 Å². The summed E-state index contributed by atoms with van der Waals surface area (Å²) in [4.78, 5) is 14.4. The minimum Gasteiger partial charge on any atom is -0.460 e. The van der Waals surface area contributed by atoms with E-state index in [1.165, 1.54) is 4.90 Å². The normalized spacial score (nSPS) is 22.0. The van der Waals surface area contributed by atoms with E-state index in [1.54, 1.807) is 4.68 Å². The monoisotopic (exact) mass is 807 g/mol. The van der Waals surface area contributed by atoms with Crippen molar-refractivity contribution in [2.75, 3.05) is 26.6 Å². The smallest absolute Gasteiger partial charge is 0.412 e. The van der Waals surface area contributed by atoms with Crippen LogP contribution in [-0.4, -0.2) is 99.9 Å². The van der Waals surface area contributed by atoms with Gasteiger partial charge in [-0.25, -0.2) is 4.79 Å². The van der Waals surface area contributed by atoms with Crippen molar-refractivity contribution in [2.45, 2.75) is 95.9 Å². The van der Waals surface area contributed by atoms with Gasteiger partial charge in [0.05, 0.1) is 52.2 Å². The summed E-state index contributed by atoms with van der Waals surface area (Å²) in [5.41, 5.74) is 3.38. The maximum Gasteiger partial charge on any atom is 0.412 e. The lowest BCUT2D eigenvalue weighted by Gasteiger charge is -2.46. The van der Waals surface area contributed by atoms with Gasteiger partial charge in [0.25, 0.3) is 0 Å². The molecule has 312 valence electrons. The molecule has 0 radical (unpaired) electrons. The average Bonchev–Trinajstić information content (AvgIpc) is 3.92. The van der Waals surface area contributed by atoms with Crippen LogP contribution in [0.5, 0.6) is 6.01 Å². The number of benzene rings is 4. The zero-order valence-electron chi connectivity index (χ0n) is 33.8. The Labute approximate surface area is 345 Å².